The summed E-state index contributed by atoms with van der Waals surface area (Å²) in [6, 6.07) is 15.6. The fourth-order valence-electron chi connectivity index (χ4n) is 2.44. The Kier molecular flexibility index (Phi) is 5.20. The van der Waals surface area contributed by atoms with E-state index in [0.717, 1.165) is 10.7 Å². The largest absolute Gasteiger partial charge is 0.469 e. The van der Waals surface area contributed by atoms with Gasteiger partial charge < -0.3 is 9.73 Å². The molecule has 3 rings (SSSR count). The van der Waals surface area contributed by atoms with Gasteiger partial charge in [-0.05, 0) is 42.0 Å². The molecule has 3 nitrogen and oxygen atoms in total. The summed E-state index contributed by atoms with van der Waals surface area (Å²) in [4.78, 5) is 14.7. The first-order valence-electron chi connectivity index (χ1n) is 7.27. The molecular weight excluding hydrogens is 326 g/mol. The Morgan fingerprint density at radius 1 is 1.22 bits per heavy atom. The summed E-state index contributed by atoms with van der Waals surface area (Å²) < 4.78 is 5.55. The predicted octanol–water partition coefficient (Wildman–Crippen LogP) is 4.62. The molecule has 118 valence electrons. The van der Waals surface area contributed by atoms with Crippen molar-refractivity contribution in [3.63, 3.8) is 0 Å². The molecule has 1 N–H and O–H groups in total. The second-order valence-corrected chi connectivity index (χ2v) is 6.82. The van der Waals surface area contributed by atoms with Crippen molar-refractivity contribution >= 4 is 29.0 Å². The minimum atomic E-state index is -0.0527. The van der Waals surface area contributed by atoms with E-state index in [1.54, 1.807) is 29.4 Å². The van der Waals surface area contributed by atoms with Gasteiger partial charge in [-0.2, -0.15) is 0 Å². The molecule has 0 aliphatic rings. The van der Waals surface area contributed by atoms with Gasteiger partial charge in [-0.15, -0.1) is 23.1 Å². The van der Waals surface area contributed by atoms with E-state index < -0.39 is 0 Å². The lowest BCUT2D eigenvalue weighted by Gasteiger charge is -2.15. The highest BCUT2D eigenvalue weighted by atomic mass is 32.2. The number of furan rings is 1. The average Bonchev–Trinajstić information content (AvgIpc) is 3.29. The molecule has 1 amide bonds. The summed E-state index contributed by atoms with van der Waals surface area (Å²) in [7, 11) is 0. The first kappa shape index (κ1) is 15.9. The summed E-state index contributed by atoms with van der Waals surface area (Å²) in [6.45, 7) is 0.509. The first-order chi connectivity index (χ1) is 11.3. The van der Waals surface area contributed by atoms with Gasteiger partial charge in [-0.25, -0.2) is 0 Å². The van der Waals surface area contributed by atoms with Crippen molar-refractivity contribution < 1.29 is 9.21 Å². The molecule has 2 aromatic heterocycles. The number of thiophene rings is 1. The van der Waals surface area contributed by atoms with E-state index in [1.165, 1.54) is 4.88 Å². The van der Waals surface area contributed by atoms with Gasteiger partial charge >= 0.3 is 0 Å². The van der Waals surface area contributed by atoms with E-state index >= 15 is 0 Å². The molecule has 2 heterocycles. The molecule has 0 aliphatic heterocycles. The van der Waals surface area contributed by atoms with Crippen molar-refractivity contribution in [3.05, 3.63) is 76.4 Å². The molecule has 0 bridgehead atoms. The third kappa shape index (κ3) is 3.68. The number of thioether (sulfide) groups is 1. The molecular formula is C18H17NO2S2. The quantitative estimate of drug-likeness (QED) is 0.664. The maximum atomic E-state index is 12.5. The van der Waals surface area contributed by atoms with Crippen LogP contribution in [0.15, 0.2) is 69.5 Å². The van der Waals surface area contributed by atoms with Crippen LogP contribution in [0.5, 0.6) is 0 Å². The molecule has 0 saturated heterocycles. The lowest BCUT2D eigenvalue weighted by molar-refractivity contribution is 0.0949. The van der Waals surface area contributed by atoms with E-state index in [0.29, 0.717) is 12.1 Å². The summed E-state index contributed by atoms with van der Waals surface area (Å²) in [5.41, 5.74) is 0.712. The highest BCUT2D eigenvalue weighted by Gasteiger charge is 2.20. The second kappa shape index (κ2) is 7.53. The molecule has 23 heavy (non-hydrogen) atoms. The van der Waals surface area contributed by atoms with Crippen LogP contribution in [0.2, 0.25) is 0 Å². The molecule has 3 aromatic rings. The van der Waals surface area contributed by atoms with Gasteiger partial charge in [0, 0.05) is 16.3 Å². The topological polar surface area (TPSA) is 42.2 Å². The normalized spacial score (nSPS) is 12.0. The molecule has 0 fully saturated rings. The average molecular weight is 343 g/mol. The van der Waals surface area contributed by atoms with Crippen molar-refractivity contribution in [2.45, 2.75) is 10.8 Å². The lowest BCUT2D eigenvalue weighted by Crippen LogP contribution is -2.28. The van der Waals surface area contributed by atoms with E-state index in [1.807, 2.05) is 54.1 Å². The van der Waals surface area contributed by atoms with Gasteiger partial charge in [0.15, 0.2) is 0 Å². The van der Waals surface area contributed by atoms with Gasteiger partial charge in [0.1, 0.15) is 5.76 Å². The van der Waals surface area contributed by atoms with Crippen LogP contribution in [0.4, 0.5) is 0 Å². The highest BCUT2D eigenvalue weighted by molar-refractivity contribution is 7.98. The number of carbonyl (C=O) groups excluding carboxylic acids is 1. The molecule has 0 aliphatic carbocycles. The van der Waals surface area contributed by atoms with Crippen LogP contribution < -0.4 is 5.32 Å². The number of rotatable bonds is 6. The maximum Gasteiger partial charge on any atom is 0.252 e. The standard InChI is InChI=1S/C18H17NO2S2/c1-22-16-8-3-2-6-13(16)18(20)19-12-14(15-7-4-10-21-15)17-9-5-11-23-17/h2-11,14H,12H2,1H3,(H,19,20)/t14-/m1/s1. The fraction of sp³-hybridized carbons (Fsp3) is 0.167. The van der Waals surface area contributed by atoms with Crippen molar-refractivity contribution in [1.82, 2.24) is 5.32 Å². The Morgan fingerprint density at radius 3 is 2.78 bits per heavy atom. The highest BCUT2D eigenvalue weighted by Crippen LogP contribution is 2.28. The molecule has 0 saturated carbocycles. The SMILES string of the molecule is CSc1ccccc1C(=O)NC[C@H](c1ccco1)c1cccs1. The fourth-order valence-corrected chi connectivity index (χ4v) is 3.87. The van der Waals surface area contributed by atoms with Crippen LogP contribution in [-0.2, 0) is 0 Å². The number of amides is 1. The van der Waals surface area contributed by atoms with Gasteiger partial charge in [0.05, 0.1) is 17.7 Å². The number of carbonyl (C=O) groups is 1. The minimum absolute atomic E-state index is 0.0374. The maximum absolute atomic E-state index is 12.5. The first-order valence-corrected chi connectivity index (χ1v) is 9.38. The molecule has 0 spiro atoms. The smallest absolute Gasteiger partial charge is 0.252 e. The number of benzene rings is 1. The van der Waals surface area contributed by atoms with Gasteiger partial charge in [0.2, 0.25) is 0 Å². The predicted molar refractivity (Wildman–Crippen MR) is 95.4 cm³/mol. The zero-order valence-electron chi connectivity index (χ0n) is 12.7. The van der Waals surface area contributed by atoms with Crippen molar-refractivity contribution in [1.29, 1.82) is 0 Å². The lowest BCUT2D eigenvalue weighted by atomic mass is 10.0. The molecule has 1 aromatic carbocycles. The van der Waals surface area contributed by atoms with E-state index in [9.17, 15) is 4.79 Å². The third-order valence-electron chi connectivity index (χ3n) is 3.59. The van der Waals surface area contributed by atoms with Crippen LogP contribution in [-0.4, -0.2) is 18.7 Å². The Balaban J connectivity index is 1.76. The zero-order valence-corrected chi connectivity index (χ0v) is 14.3. The Bertz CT molecular complexity index is 717. The van der Waals surface area contributed by atoms with E-state index in [2.05, 4.69) is 11.4 Å². The monoisotopic (exact) mass is 343 g/mol. The van der Waals surface area contributed by atoms with Gasteiger partial charge in [0.25, 0.3) is 5.91 Å². The molecule has 0 radical (unpaired) electrons. The molecule has 1 atom stereocenters. The molecule has 5 heteroatoms. The van der Waals surface area contributed by atoms with Crippen molar-refractivity contribution in [2.75, 3.05) is 12.8 Å². The van der Waals surface area contributed by atoms with Gasteiger partial charge in [-0.3, -0.25) is 4.79 Å². The van der Waals surface area contributed by atoms with Crippen LogP contribution in [0.3, 0.4) is 0 Å². The van der Waals surface area contributed by atoms with E-state index in [4.69, 9.17) is 4.42 Å². The minimum Gasteiger partial charge on any atom is -0.469 e. The second-order valence-electron chi connectivity index (χ2n) is 4.99. The molecule has 0 unspecified atom stereocenters. The van der Waals surface area contributed by atoms with Crippen LogP contribution >= 0.6 is 23.1 Å². The summed E-state index contributed by atoms with van der Waals surface area (Å²) in [6.07, 6.45) is 3.64. The van der Waals surface area contributed by atoms with Crippen LogP contribution in [0.1, 0.15) is 26.9 Å². The summed E-state index contributed by atoms with van der Waals surface area (Å²) in [5, 5.41) is 5.08. The Labute approximate surface area is 143 Å². The Morgan fingerprint density at radius 2 is 2.09 bits per heavy atom. The number of hydrogen-bond acceptors (Lipinski definition) is 4. The number of hydrogen-bond donors (Lipinski definition) is 1. The number of nitrogens with one attached hydrogen (secondary N) is 1. The Hall–Kier alpha value is -1.98. The van der Waals surface area contributed by atoms with Crippen LogP contribution in [0, 0.1) is 0 Å². The zero-order chi connectivity index (χ0) is 16.1. The van der Waals surface area contributed by atoms with Crippen LogP contribution in [0.25, 0.3) is 0 Å². The summed E-state index contributed by atoms with van der Waals surface area (Å²) in [5.74, 6) is 0.851. The van der Waals surface area contributed by atoms with Crippen molar-refractivity contribution in [2.24, 2.45) is 0 Å². The third-order valence-corrected chi connectivity index (χ3v) is 5.37. The van der Waals surface area contributed by atoms with E-state index in [-0.39, 0.29) is 11.8 Å². The van der Waals surface area contributed by atoms with Gasteiger partial charge in [-0.1, -0.05) is 18.2 Å². The summed E-state index contributed by atoms with van der Waals surface area (Å²) >= 11 is 3.25. The van der Waals surface area contributed by atoms with Crippen molar-refractivity contribution in [3.8, 4) is 0 Å².